The molecule has 0 aromatic heterocycles. The fourth-order valence-electron chi connectivity index (χ4n) is 4.62. The van der Waals surface area contributed by atoms with Crippen LogP contribution in [0.25, 0.3) is 0 Å². The number of ether oxygens (including phenoxy) is 1. The number of imide groups is 1. The number of hydrogen-bond donors (Lipinski definition) is 2. The molecular weight excluding hydrogens is 372 g/mol. The van der Waals surface area contributed by atoms with Crippen LogP contribution in [0.5, 0.6) is 0 Å². The van der Waals surface area contributed by atoms with Crippen molar-refractivity contribution in [3.63, 3.8) is 0 Å². The van der Waals surface area contributed by atoms with Crippen LogP contribution >= 0.6 is 0 Å². The predicted octanol–water partition coefficient (Wildman–Crippen LogP) is 1.35. The van der Waals surface area contributed by atoms with Gasteiger partial charge in [-0.05, 0) is 30.2 Å². The van der Waals surface area contributed by atoms with Crippen molar-refractivity contribution < 1.29 is 24.2 Å². The van der Waals surface area contributed by atoms with Crippen molar-refractivity contribution in [1.82, 2.24) is 5.32 Å². The first kappa shape index (κ1) is 19.3. The molecule has 2 amide bonds. The van der Waals surface area contributed by atoms with Crippen LogP contribution in [0.2, 0.25) is 0 Å². The summed E-state index contributed by atoms with van der Waals surface area (Å²) in [5, 5.41) is 13.3. The molecule has 2 aliphatic heterocycles. The van der Waals surface area contributed by atoms with Crippen molar-refractivity contribution in [1.29, 1.82) is 0 Å². The molecule has 2 fully saturated rings. The molecule has 2 N–H and O–H groups in total. The highest BCUT2D eigenvalue weighted by Crippen LogP contribution is 2.50. The number of nitrogens with zero attached hydrogens (tertiary/aromatic N) is 1. The maximum atomic E-state index is 13.4. The van der Waals surface area contributed by atoms with Crippen LogP contribution in [0.3, 0.4) is 0 Å². The number of anilines is 1. The molecule has 7 heteroatoms. The van der Waals surface area contributed by atoms with Crippen LogP contribution in [0.1, 0.15) is 17.2 Å². The summed E-state index contributed by atoms with van der Waals surface area (Å²) in [6.45, 7) is 1.24. The van der Waals surface area contributed by atoms with Gasteiger partial charge in [0.2, 0.25) is 11.8 Å². The van der Waals surface area contributed by atoms with Gasteiger partial charge in [-0.2, -0.15) is 0 Å². The Bertz CT molecular complexity index is 976. The van der Waals surface area contributed by atoms with Gasteiger partial charge in [-0.1, -0.05) is 42.5 Å². The van der Waals surface area contributed by atoms with Gasteiger partial charge in [0, 0.05) is 6.04 Å². The van der Waals surface area contributed by atoms with Gasteiger partial charge in [-0.15, -0.1) is 0 Å². The van der Waals surface area contributed by atoms with E-state index in [1.54, 1.807) is 30.3 Å². The Morgan fingerprint density at radius 3 is 2.38 bits per heavy atom. The number of amides is 2. The normalized spacial score (nSPS) is 28.5. The number of rotatable bonds is 4. The largest absolute Gasteiger partial charge is 0.468 e. The van der Waals surface area contributed by atoms with Gasteiger partial charge < -0.3 is 9.84 Å². The summed E-state index contributed by atoms with van der Waals surface area (Å²) in [7, 11) is 1.20. The van der Waals surface area contributed by atoms with E-state index >= 15 is 0 Å². The summed E-state index contributed by atoms with van der Waals surface area (Å²) < 4.78 is 4.93. The number of para-hydroxylation sites is 1. The molecule has 0 spiro atoms. The van der Waals surface area contributed by atoms with E-state index in [2.05, 4.69) is 5.32 Å². The Hall–Kier alpha value is -3.03. The third kappa shape index (κ3) is 2.69. The number of carbonyl (C=O) groups excluding carboxylic acids is 3. The fourth-order valence-corrected chi connectivity index (χ4v) is 4.62. The standard InChI is InChI=1S/C22H22N2O5/c1-13-8-6-7-11-15(13)18-16-17(22(12-25,23-18)21(28)29-2)20(27)24(19(16)26)14-9-4-3-5-10-14/h3-11,16-18,23,25H,12H2,1-2H3/t16-,17+,18+,22+/m0/s1. The Balaban J connectivity index is 1.88. The molecule has 4 atom stereocenters. The van der Waals surface area contributed by atoms with E-state index in [0.29, 0.717) is 5.69 Å². The number of aryl methyl sites for hydroxylation is 1. The average Bonchev–Trinajstić information content (AvgIpc) is 3.23. The lowest BCUT2D eigenvalue weighted by Gasteiger charge is -2.30. The fraction of sp³-hybridized carbons (Fsp3) is 0.318. The predicted molar refractivity (Wildman–Crippen MR) is 105 cm³/mol. The van der Waals surface area contributed by atoms with Crippen LogP contribution in [0.4, 0.5) is 5.69 Å². The summed E-state index contributed by atoms with van der Waals surface area (Å²) in [4.78, 5) is 40.7. The molecule has 150 valence electrons. The monoisotopic (exact) mass is 394 g/mol. The molecule has 4 rings (SSSR count). The zero-order valence-corrected chi connectivity index (χ0v) is 16.2. The first-order valence-electron chi connectivity index (χ1n) is 9.41. The van der Waals surface area contributed by atoms with Gasteiger partial charge in [0.15, 0.2) is 5.54 Å². The van der Waals surface area contributed by atoms with E-state index in [1.807, 2.05) is 31.2 Å². The molecule has 2 heterocycles. The van der Waals surface area contributed by atoms with Crippen molar-refractivity contribution in [2.75, 3.05) is 18.6 Å². The highest BCUT2D eigenvalue weighted by molar-refractivity contribution is 6.24. The van der Waals surface area contributed by atoms with Gasteiger partial charge >= 0.3 is 5.97 Å². The minimum atomic E-state index is -1.69. The summed E-state index contributed by atoms with van der Waals surface area (Å²) >= 11 is 0. The first-order valence-corrected chi connectivity index (χ1v) is 9.41. The third-order valence-electron chi connectivity index (χ3n) is 5.99. The number of hydrogen-bond acceptors (Lipinski definition) is 6. The second-order valence-corrected chi connectivity index (χ2v) is 7.45. The van der Waals surface area contributed by atoms with Crippen molar-refractivity contribution in [3.8, 4) is 0 Å². The Morgan fingerprint density at radius 2 is 1.76 bits per heavy atom. The zero-order valence-electron chi connectivity index (χ0n) is 16.2. The number of benzene rings is 2. The number of fused-ring (bicyclic) bond motifs is 1. The van der Waals surface area contributed by atoms with Gasteiger partial charge in [0.05, 0.1) is 31.2 Å². The van der Waals surface area contributed by atoms with Crippen LogP contribution in [-0.4, -0.2) is 42.1 Å². The highest BCUT2D eigenvalue weighted by atomic mass is 16.5. The van der Waals surface area contributed by atoms with E-state index in [1.165, 1.54) is 7.11 Å². The second kappa shape index (κ2) is 7.09. The molecule has 7 nitrogen and oxygen atoms in total. The van der Waals surface area contributed by atoms with E-state index in [4.69, 9.17) is 4.74 Å². The zero-order chi connectivity index (χ0) is 20.8. The topological polar surface area (TPSA) is 95.9 Å². The molecule has 0 saturated carbocycles. The van der Waals surface area contributed by atoms with Gasteiger partial charge in [-0.25, -0.2) is 9.69 Å². The van der Waals surface area contributed by atoms with E-state index in [9.17, 15) is 19.5 Å². The molecule has 0 aliphatic carbocycles. The molecule has 2 saturated heterocycles. The molecule has 2 aromatic rings. The Morgan fingerprint density at radius 1 is 1.10 bits per heavy atom. The van der Waals surface area contributed by atoms with Gasteiger partial charge in [0.25, 0.3) is 0 Å². The minimum absolute atomic E-state index is 0.397. The number of methoxy groups -OCH3 is 1. The SMILES string of the molecule is COC(=O)[C@]1(CO)N[C@H](c2ccccc2C)[C@H]2C(=O)N(c3ccccc3)C(=O)[C@@H]21. The van der Waals surface area contributed by atoms with E-state index in [-0.39, 0.29) is 0 Å². The summed E-state index contributed by atoms with van der Waals surface area (Å²) in [6, 6.07) is 15.5. The maximum absolute atomic E-state index is 13.4. The molecule has 2 aromatic carbocycles. The lowest BCUT2D eigenvalue weighted by Crippen LogP contribution is -2.59. The number of esters is 1. The molecule has 2 aliphatic rings. The molecule has 0 radical (unpaired) electrons. The third-order valence-corrected chi connectivity index (χ3v) is 5.99. The number of nitrogens with one attached hydrogen (secondary N) is 1. The number of carbonyl (C=O) groups is 3. The number of aliphatic hydroxyl groups excluding tert-OH is 1. The average molecular weight is 394 g/mol. The molecule has 29 heavy (non-hydrogen) atoms. The van der Waals surface area contributed by atoms with Crippen molar-refractivity contribution in [2.24, 2.45) is 11.8 Å². The lowest BCUT2D eigenvalue weighted by atomic mass is 9.79. The van der Waals surface area contributed by atoms with Crippen LogP contribution in [-0.2, 0) is 19.1 Å². The van der Waals surface area contributed by atoms with Crippen molar-refractivity contribution >= 4 is 23.5 Å². The quantitative estimate of drug-likeness (QED) is 0.600. The van der Waals surface area contributed by atoms with Crippen LogP contribution in [0, 0.1) is 18.8 Å². The summed E-state index contributed by atoms with van der Waals surface area (Å²) in [6.07, 6.45) is 0. The lowest BCUT2D eigenvalue weighted by molar-refractivity contribution is -0.154. The summed E-state index contributed by atoms with van der Waals surface area (Å²) in [5.41, 5.74) is 0.471. The molecule has 0 bridgehead atoms. The Kier molecular flexibility index (Phi) is 4.72. The van der Waals surface area contributed by atoms with Crippen LogP contribution < -0.4 is 10.2 Å². The van der Waals surface area contributed by atoms with Crippen molar-refractivity contribution in [3.05, 3.63) is 65.7 Å². The smallest absolute Gasteiger partial charge is 0.329 e. The number of aliphatic hydroxyl groups is 1. The molecule has 0 unspecified atom stereocenters. The second-order valence-electron chi connectivity index (χ2n) is 7.45. The first-order chi connectivity index (χ1) is 14.0. The van der Waals surface area contributed by atoms with Gasteiger partial charge in [0.1, 0.15) is 0 Å². The van der Waals surface area contributed by atoms with Gasteiger partial charge in [-0.3, -0.25) is 14.9 Å². The van der Waals surface area contributed by atoms with Crippen molar-refractivity contribution in [2.45, 2.75) is 18.5 Å². The minimum Gasteiger partial charge on any atom is -0.468 e. The van der Waals surface area contributed by atoms with Crippen LogP contribution in [0.15, 0.2) is 54.6 Å². The highest BCUT2D eigenvalue weighted by Gasteiger charge is 2.69. The van der Waals surface area contributed by atoms with E-state index in [0.717, 1.165) is 16.0 Å². The summed E-state index contributed by atoms with van der Waals surface area (Å²) in [5.74, 6) is -3.59. The molecular formula is C22H22N2O5. The van der Waals surface area contributed by atoms with E-state index < -0.39 is 47.8 Å². The maximum Gasteiger partial charge on any atom is 0.329 e. The Labute approximate surface area is 168 Å².